The molecule has 124 valence electrons. The van der Waals surface area contributed by atoms with E-state index in [1.165, 1.54) is 32.1 Å². The first kappa shape index (κ1) is 17.0. The molecule has 0 amide bonds. The summed E-state index contributed by atoms with van der Waals surface area (Å²) in [6.07, 6.45) is 2.17. The Bertz CT molecular complexity index is 306. The molecule has 2 atom stereocenters. The number of rotatable bonds is 5. The average molecular weight is 308 g/mol. The predicted octanol–water partition coefficient (Wildman–Crippen LogP) is 2.81. The van der Waals surface area contributed by atoms with E-state index in [4.69, 9.17) is 4.74 Å². The van der Waals surface area contributed by atoms with E-state index in [0.29, 0.717) is 24.5 Å². The Morgan fingerprint density at radius 1 is 1.19 bits per heavy atom. The van der Waals surface area contributed by atoms with Crippen LogP contribution in [0.4, 0.5) is 13.2 Å². The van der Waals surface area contributed by atoms with Crippen molar-refractivity contribution in [1.29, 1.82) is 0 Å². The number of halogens is 3. The van der Waals surface area contributed by atoms with Crippen LogP contribution in [0.2, 0.25) is 0 Å². The van der Waals surface area contributed by atoms with Gasteiger partial charge in [-0.25, -0.2) is 0 Å². The molecule has 1 aliphatic carbocycles. The molecule has 2 fully saturated rings. The van der Waals surface area contributed by atoms with Crippen molar-refractivity contribution in [2.75, 3.05) is 32.8 Å². The van der Waals surface area contributed by atoms with E-state index in [9.17, 15) is 13.2 Å². The lowest BCUT2D eigenvalue weighted by atomic mass is 9.82. The summed E-state index contributed by atoms with van der Waals surface area (Å²) in [5.41, 5.74) is 0. The number of piperazine rings is 1. The highest BCUT2D eigenvalue weighted by Gasteiger charge is 2.33. The van der Waals surface area contributed by atoms with E-state index in [2.05, 4.69) is 17.1 Å². The molecule has 21 heavy (non-hydrogen) atoms. The van der Waals surface area contributed by atoms with Crippen molar-refractivity contribution in [3.8, 4) is 0 Å². The molecule has 1 heterocycles. The van der Waals surface area contributed by atoms with Gasteiger partial charge in [-0.1, -0.05) is 19.3 Å². The summed E-state index contributed by atoms with van der Waals surface area (Å²) in [5.74, 6) is 0.682. The van der Waals surface area contributed by atoms with Gasteiger partial charge in [0.2, 0.25) is 0 Å². The number of ether oxygens (including phenoxy) is 1. The summed E-state index contributed by atoms with van der Waals surface area (Å²) in [7, 11) is 0. The van der Waals surface area contributed by atoms with E-state index < -0.39 is 12.8 Å². The van der Waals surface area contributed by atoms with Crippen LogP contribution in [-0.4, -0.2) is 56.0 Å². The molecule has 0 aromatic rings. The van der Waals surface area contributed by atoms with Crippen molar-refractivity contribution < 1.29 is 17.9 Å². The van der Waals surface area contributed by atoms with Crippen molar-refractivity contribution >= 4 is 0 Å². The molecule has 0 spiro atoms. The van der Waals surface area contributed by atoms with E-state index in [0.717, 1.165) is 13.1 Å². The van der Waals surface area contributed by atoms with Gasteiger partial charge in [0.25, 0.3) is 0 Å². The van der Waals surface area contributed by atoms with Gasteiger partial charge >= 0.3 is 6.18 Å². The molecule has 3 nitrogen and oxygen atoms in total. The van der Waals surface area contributed by atoms with Gasteiger partial charge in [-0.05, 0) is 25.7 Å². The Morgan fingerprint density at radius 2 is 1.90 bits per heavy atom. The predicted molar refractivity (Wildman–Crippen MR) is 76.3 cm³/mol. The first-order valence-corrected chi connectivity index (χ1v) is 8.07. The van der Waals surface area contributed by atoms with E-state index in [-0.39, 0.29) is 6.61 Å². The van der Waals surface area contributed by atoms with Gasteiger partial charge in [-0.3, -0.25) is 4.90 Å². The van der Waals surface area contributed by atoms with Crippen LogP contribution in [0.15, 0.2) is 0 Å². The smallest absolute Gasteiger partial charge is 0.371 e. The lowest BCUT2D eigenvalue weighted by Crippen LogP contribution is -2.58. The Balaban J connectivity index is 1.80. The van der Waals surface area contributed by atoms with E-state index in [1.807, 2.05) is 0 Å². The minimum Gasteiger partial charge on any atom is -0.371 e. The molecule has 2 unspecified atom stereocenters. The molecule has 0 aromatic carbocycles. The third kappa shape index (κ3) is 5.75. The van der Waals surface area contributed by atoms with Gasteiger partial charge in [0.05, 0.1) is 6.61 Å². The van der Waals surface area contributed by atoms with Crippen LogP contribution in [0, 0.1) is 5.92 Å². The van der Waals surface area contributed by atoms with Crippen molar-refractivity contribution in [3.63, 3.8) is 0 Å². The van der Waals surface area contributed by atoms with Crippen LogP contribution in [0.3, 0.4) is 0 Å². The summed E-state index contributed by atoms with van der Waals surface area (Å²) in [4.78, 5) is 2.34. The summed E-state index contributed by atoms with van der Waals surface area (Å²) < 4.78 is 41.1. The number of alkyl halides is 3. The van der Waals surface area contributed by atoms with Gasteiger partial charge in [-0.2, -0.15) is 13.2 Å². The Kier molecular flexibility index (Phi) is 6.32. The largest absolute Gasteiger partial charge is 0.411 e. The molecule has 1 N–H and O–H groups in total. The minimum absolute atomic E-state index is 0.162. The highest BCUT2D eigenvalue weighted by molar-refractivity contribution is 4.89. The molecule has 1 saturated carbocycles. The maximum absolute atomic E-state index is 12.1. The lowest BCUT2D eigenvalue weighted by molar-refractivity contribution is -0.175. The summed E-state index contributed by atoms with van der Waals surface area (Å²) in [5, 5.41) is 3.51. The minimum atomic E-state index is -4.22. The van der Waals surface area contributed by atoms with Crippen LogP contribution >= 0.6 is 0 Å². The fraction of sp³-hybridized carbons (Fsp3) is 1.00. The highest BCUT2D eigenvalue weighted by atomic mass is 19.4. The third-order valence-corrected chi connectivity index (χ3v) is 4.64. The second-order valence-corrected chi connectivity index (χ2v) is 6.44. The molecule has 0 aromatic heterocycles. The Labute approximate surface area is 125 Å². The number of nitrogens with one attached hydrogen (secondary N) is 1. The van der Waals surface area contributed by atoms with Crippen LogP contribution in [0.1, 0.15) is 39.0 Å². The first-order valence-electron chi connectivity index (χ1n) is 8.07. The van der Waals surface area contributed by atoms with Crippen molar-refractivity contribution in [1.82, 2.24) is 10.2 Å². The summed E-state index contributed by atoms with van der Waals surface area (Å²) in [6.45, 7) is 3.60. The van der Waals surface area contributed by atoms with Crippen molar-refractivity contribution in [2.45, 2.75) is 57.3 Å². The number of nitrogens with zero attached hydrogens (tertiary/aromatic N) is 1. The van der Waals surface area contributed by atoms with Crippen molar-refractivity contribution in [3.05, 3.63) is 0 Å². The zero-order valence-corrected chi connectivity index (χ0v) is 12.8. The zero-order valence-electron chi connectivity index (χ0n) is 12.8. The Morgan fingerprint density at radius 3 is 2.57 bits per heavy atom. The van der Waals surface area contributed by atoms with Crippen LogP contribution < -0.4 is 5.32 Å². The highest BCUT2D eigenvalue weighted by Crippen LogP contribution is 2.30. The lowest BCUT2D eigenvalue weighted by Gasteiger charge is -2.44. The molecule has 0 radical (unpaired) electrons. The monoisotopic (exact) mass is 308 g/mol. The second kappa shape index (κ2) is 7.79. The molecule has 0 bridgehead atoms. The first-order chi connectivity index (χ1) is 9.96. The van der Waals surface area contributed by atoms with Gasteiger partial charge in [0, 0.05) is 31.7 Å². The van der Waals surface area contributed by atoms with E-state index in [1.54, 1.807) is 0 Å². The fourth-order valence-electron chi connectivity index (χ4n) is 3.61. The van der Waals surface area contributed by atoms with Gasteiger partial charge in [0.15, 0.2) is 0 Å². The fourth-order valence-corrected chi connectivity index (χ4v) is 3.61. The molecule has 1 saturated heterocycles. The molecule has 6 heteroatoms. The van der Waals surface area contributed by atoms with Crippen LogP contribution in [-0.2, 0) is 4.74 Å². The zero-order chi connectivity index (χ0) is 15.3. The summed E-state index contributed by atoms with van der Waals surface area (Å²) in [6, 6.07) is 0.850. The molecular formula is C15H27F3N2O. The summed E-state index contributed by atoms with van der Waals surface area (Å²) >= 11 is 0. The number of hydrogen-bond donors (Lipinski definition) is 1. The average Bonchev–Trinajstić information content (AvgIpc) is 2.44. The molecule has 2 rings (SSSR count). The van der Waals surface area contributed by atoms with Gasteiger partial charge < -0.3 is 10.1 Å². The van der Waals surface area contributed by atoms with Gasteiger partial charge in [0.1, 0.15) is 6.61 Å². The third-order valence-electron chi connectivity index (χ3n) is 4.64. The Hall–Kier alpha value is -0.330. The molecular weight excluding hydrogens is 281 g/mol. The van der Waals surface area contributed by atoms with Gasteiger partial charge in [-0.15, -0.1) is 0 Å². The quantitative estimate of drug-likeness (QED) is 0.791. The van der Waals surface area contributed by atoms with E-state index >= 15 is 0 Å². The standard InChI is InChI=1S/C15H27F3N2O/c1-12-10-20(7-8-21-11-15(16,17)18)14(9-19-12)13-5-3-2-4-6-13/h12-14,19H,2-11H2,1H3. The maximum atomic E-state index is 12.1. The topological polar surface area (TPSA) is 24.5 Å². The maximum Gasteiger partial charge on any atom is 0.411 e. The van der Waals surface area contributed by atoms with Crippen LogP contribution in [0.5, 0.6) is 0 Å². The molecule has 1 aliphatic heterocycles. The second-order valence-electron chi connectivity index (χ2n) is 6.44. The number of hydrogen-bond acceptors (Lipinski definition) is 3. The van der Waals surface area contributed by atoms with Crippen LogP contribution in [0.25, 0.3) is 0 Å². The SMILES string of the molecule is CC1CN(CCOCC(F)(F)F)C(C2CCCCC2)CN1. The normalized spacial score (nSPS) is 29.7. The molecule has 2 aliphatic rings. The van der Waals surface area contributed by atoms with Crippen molar-refractivity contribution in [2.24, 2.45) is 5.92 Å².